The topological polar surface area (TPSA) is 41.6 Å². The van der Waals surface area contributed by atoms with E-state index in [1.165, 1.54) is 19.3 Å². The van der Waals surface area contributed by atoms with Gasteiger partial charge in [-0.25, -0.2) is 0 Å². The lowest BCUT2D eigenvalue weighted by molar-refractivity contribution is -0.129. The standard InChI is InChI=1S/C14H26N2O2/c1-2-13(16-8-10-18-11-9-16)14(17)15-12-6-4-3-5-7-12/h12-13H,2-11H2,1H3,(H,15,17)/t13-/m0/s1. The van der Waals surface area contributed by atoms with Crippen molar-refractivity contribution in [2.24, 2.45) is 0 Å². The average molecular weight is 254 g/mol. The summed E-state index contributed by atoms with van der Waals surface area (Å²) < 4.78 is 5.35. The molecule has 0 aromatic rings. The van der Waals surface area contributed by atoms with Crippen molar-refractivity contribution in [3.05, 3.63) is 0 Å². The number of hydrogen-bond acceptors (Lipinski definition) is 3. The fraction of sp³-hybridized carbons (Fsp3) is 0.929. The van der Waals surface area contributed by atoms with Crippen LogP contribution in [0, 0.1) is 0 Å². The fourth-order valence-corrected chi connectivity index (χ4v) is 3.04. The Morgan fingerprint density at radius 2 is 1.94 bits per heavy atom. The van der Waals surface area contributed by atoms with Crippen molar-refractivity contribution in [1.82, 2.24) is 10.2 Å². The van der Waals surface area contributed by atoms with Crippen molar-refractivity contribution in [2.75, 3.05) is 26.3 Å². The van der Waals surface area contributed by atoms with Crippen LogP contribution in [0.1, 0.15) is 45.4 Å². The monoisotopic (exact) mass is 254 g/mol. The van der Waals surface area contributed by atoms with Crippen LogP contribution < -0.4 is 5.32 Å². The first-order valence-electron chi connectivity index (χ1n) is 7.43. The number of carbonyl (C=O) groups is 1. The Balaban J connectivity index is 1.83. The van der Waals surface area contributed by atoms with E-state index in [4.69, 9.17) is 4.74 Å². The molecule has 0 bridgehead atoms. The van der Waals surface area contributed by atoms with Gasteiger partial charge in [-0.15, -0.1) is 0 Å². The molecule has 0 spiro atoms. The van der Waals surface area contributed by atoms with Gasteiger partial charge in [0.1, 0.15) is 0 Å². The predicted molar refractivity (Wildman–Crippen MR) is 71.5 cm³/mol. The highest BCUT2D eigenvalue weighted by molar-refractivity contribution is 5.82. The molecule has 104 valence electrons. The van der Waals surface area contributed by atoms with Crippen molar-refractivity contribution in [3.8, 4) is 0 Å². The Morgan fingerprint density at radius 1 is 1.28 bits per heavy atom. The Morgan fingerprint density at radius 3 is 2.56 bits per heavy atom. The first kappa shape index (κ1) is 13.8. The third-order valence-corrected chi connectivity index (χ3v) is 4.13. The zero-order chi connectivity index (χ0) is 12.8. The van der Waals surface area contributed by atoms with E-state index in [1.54, 1.807) is 0 Å². The van der Waals surface area contributed by atoms with E-state index in [-0.39, 0.29) is 11.9 Å². The molecule has 4 nitrogen and oxygen atoms in total. The van der Waals surface area contributed by atoms with Gasteiger partial charge in [0.05, 0.1) is 19.3 Å². The quantitative estimate of drug-likeness (QED) is 0.827. The lowest BCUT2D eigenvalue weighted by Crippen LogP contribution is -2.52. The molecule has 1 aliphatic carbocycles. The molecule has 1 heterocycles. The molecule has 1 saturated carbocycles. The maximum Gasteiger partial charge on any atom is 0.237 e. The average Bonchev–Trinajstić information content (AvgIpc) is 2.42. The maximum atomic E-state index is 12.3. The summed E-state index contributed by atoms with van der Waals surface area (Å²) in [6.07, 6.45) is 7.06. The van der Waals surface area contributed by atoms with Crippen LogP contribution in [0.25, 0.3) is 0 Å². The van der Waals surface area contributed by atoms with Crippen LogP contribution in [0.2, 0.25) is 0 Å². The molecule has 2 rings (SSSR count). The molecule has 0 aromatic carbocycles. The normalized spacial score (nSPS) is 24.7. The van der Waals surface area contributed by atoms with Crippen molar-refractivity contribution in [3.63, 3.8) is 0 Å². The third kappa shape index (κ3) is 3.69. The highest BCUT2D eigenvalue weighted by Gasteiger charge is 2.27. The summed E-state index contributed by atoms with van der Waals surface area (Å²) in [6, 6.07) is 0.456. The SMILES string of the molecule is CC[C@@H](C(=O)NC1CCCCC1)N1CCOCC1. The maximum absolute atomic E-state index is 12.3. The molecule has 2 fully saturated rings. The summed E-state index contributed by atoms with van der Waals surface area (Å²) >= 11 is 0. The lowest BCUT2D eigenvalue weighted by atomic mass is 9.95. The number of nitrogens with one attached hydrogen (secondary N) is 1. The predicted octanol–water partition coefficient (Wildman–Crippen LogP) is 1.55. The molecule has 0 radical (unpaired) electrons. The first-order chi connectivity index (χ1) is 8.81. The van der Waals surface area contributed by atoms with E-state index in [1.807, 2.05) is 0 Å². The zero-order valence-corrected chi connectivity index (χ0v) is 11.5. The van der Waals surface area contributed by atoms with Gasteiger partial charge in [0, 0.05) is 19.1 Å². The van der Waals surface area contributed by atoms with E-state index in [2.05, 4.69) is 17.1 Å². The van der Waals surface area contributed by atoms with Gasteiger partial charge >= 0.3 is 0 Å². The van der Waals surface area contributed by atoms with Gasteiger partial charge in [-0.3, -0.25) is 9.69 Å². The van der Waals surface area contributed by atoms with Crippen LogP contribution in [-0.4, -0.2) is 49.2 Å². The Kier molecular flexibility index (Phi) is 5.45. The smallest absolute Gasteiger partial charge is 0.237 e. The van der Waals surface area contributed by atoms with Crippen LogP contribution in [0.5, 0.6) is 0 Å². The van der Waals surface area contributed by atoms with Gasteiger partial charge in [-0.05, 0) is 19.3 Å². The molecule has 1 amide bonds. The zero-order valence-electron chi connectivity index (χ0n) is 11.5. The van der Waals surface area contributed by atoms with E-state index in [0.29, 0.717) is 6.04 Å². The molecular formula is C14H26N2O2. The summed E-state index contributed by atoms with van der Waals surface area (Å²) in [5.41, 5.74) is 0. The van der Waals surface area contributed by atoms with E-state index in [9.17, 15) is 4.79 Å². The molecular weight excluding hydrogens is 228 g/mol. The van der Waals surface area contributed by atoms with Crippen molar-refractivity contribution in [2.45, 2.75) is 57.5 Å². The second-order valence-corrected chi connectivity index (χ2v) is 5.42. The summed E-state index contributed by atoms with van der Waals surface area (Å²) in [6.45, 7) is 5.38. The molecule has 0 unspecified atom stereocenters. The lowest BCUT2D eigenvalue weighted by Gasteiger charge is -2.34. The Hall–Kier alpha value is -0.610. The molecule has 18 heavy (non-hydrogen) atoms. The number of hydrogen-bond donors (Lipinski definition) is 1. The molecule has 4 heteroatoms. The fourth-order valence-electron chi connectivity index (χ4n) is 3.04. The van der Waals surface area contributed by atoms with Gasteiger partial charge in [-0.1, -0.05) is 26.2 Å². The van der Waals surface area contributed by atoms with Crippen LogP contribution in [0.15, 0.2) is 0 Å². The molecule has 0 aromatic heterocycles. The van der Waals surface area contributed by atoms with E-state index < -0.39 is 0 Å². The summed E-state index contributed by atoms with van der Waals surface area (Å²) in [5, 5.41) is 3.25. The Labute approximate surface area is 110 Å². The van der Waals surface area contributed by atoms with Crippen molar-refractivity contribution in [1.29, 1.82) is 0 Å². The van der Waals surface area contributed by atoms with Gasteiger partial charge in [0.2, 0.25) is 5.91 Å². The number of rotatable bonds is 4. The van der Waals surface area contributed by atoms with Gasteiger partial charge in [-0.2, -0.15) is 0 Å². The minimum absolute atomic E-state index is 0.0378. The summed E-state index contributed by atoms with van der Waals surface area (Å²) in [5.74, 6) is 0.228. The largest absolute Gasteiger partial charge is 0.379 e. The van der Waals surface area contributed by atoms with Crippen molar-refractivity contribution < 1.29 is 9.53 Å². The molecule has 1 saturated heterocycles. The Bertz CT molecular complexity index is 259. The molecule has 1 aliphatic heterocycles. The summed E-state index contributed by atoms with van der Waals surface area (Å²) in [7, 11) is 0. The van der Waals surface area contributed by atoms with Crippen LogP contribution >= 0.6 is 0 Å². The highest BCUT2D eigenvalue weighted by atomic mass is 16.5. The number of amides is 1. The number of morpholine rings is 1. The second-order valence-electron chi connectivity index (χ2n) is 5.42. The molecule has 2 aliphatic rings. The first-order valence-corrected chi connectivity index (χ1v) is 7.43. The molecule has 1 N–H and O–H groups in total. The van der Waals surface area contributed by atoms with Crippen LogP contribution in [0.4, 0.5) is 0 Å². The third-order valence-electron chi connectivity index (χ3n) is 4.13. The minimum atomic E-state index is 0.0378. The van der Waals surface area contributed by atoms with Gasteiger partial charge in [0.15, 0.2) is 0 Å². The molecule has 1 atom stereocenters. The highest BCUT2D eigenvalue weighted by Crippen LogP contribution is 2.18. The van der Waals surface area contributed by atoms with Crippen LogP contribution in [0.3, 0.4) is 0 Å². The van der Waals surface area contributed by atoms with E-state index in [0.717, 1.165) is 45.6 Å². The minimum Gasteiger partial charge on any atom is -0.379 e. The number of ether oxygens (including phenoxy) is 1. The van der Waals surface area contributed by atoms with E-state index >= 15 is 0 Å². The van der Waals surface area contributed by atoms with Gasteiger partial charge in [0.25, 0.3) is 0 Å². The van der Waals surface area contributed by atoms with Crippen molar-refractivity contribution >= 4 is 5.91 Å². The van der Waals surface area contributed by atoms with Gasteiger partial charge < -0.3 is 10.1 Å². The number of nitrogens with zero attached hydrogens (tertiary/aromatic N) is 1. The number of carbonyl (C=O) groups excluding carboxylic acids is 1. The van der Waals surface area contributed by atoms with Crippen LogP contribution in [-0.2, 0) is 9.53 Å². The summed E-state index contributed by atoms with van der Waals surface area (Å²) in [4.78, 5) is 14.6. The second kappa shape index (κ2) is 7.10.